The zero-order chi connectivity index (χ0) is 23.9. The van der Waals surface area contributed by atoms with E-state index in [0.717, 1.165) is 5.56 Å². The van der Waals surface area contributed by atoms with Gasteiger partial charge in [0.15, 0.2) is 5.65 Å². The fourth-order valence-corrected chi connectivity index (χ4v) is 5.57. The molecule has 0 spiro atoms. The number of aromatic nitrogens is 3. The third-order valence-corrected chi connectivity index (χ3v) is 8.29. The summed E-state index contributed by atoms with van der Waals surface area (Å²) in [5, 5.41) is 6.70. The van der Waals surface area contributed by atoms with Crippen LogP contribution in [-0.2, 0) is 10.0 Å². The number of anilines is 1. The molecule has 0 unspecified atom stereocenters. The van der Waals surface area contributed by atoms with Gasteiger partial charge >= 0.3 is 0 Å². The summed E-state index contributed by atoms with van der Waals surface area (Å²) in [6.45, 7) is 0. The Morgan fingerprint density at radius 3 is 2.59 bits per heavy atom. The summed E-state index contributed by atoms with van der Waals surface area (Å²) in [5.74, 6) is -0.141. The lowest BCUT2D eigenvalue weighted by molar-refractivity contribution is 0.104. The molecule has 3 aromatic heterocycles. The molecular formula is C24H17ClN4O3S2. The molecule has 0 fully saturated rings. The Labute approximate surface area is 204 Å². The standard InChI is InChI=1S/C24H17ClN4O3S2/c1-28(34(31,32)19-9-7-17(25)8-10-19)18-5-2-4-16(14-18)21-11-12-26-24-20(15-27-29(21)24)23(30)22-6-3-13-33-22/h2-15H,1H3. The number of hydrogen-bond acceptors (Lipinski definition) is 6. The molecule has 7 nitrogen and oxygen atoms in total. The van der Waals surface area contributed by atoms with Gasteiger partial charge in [0.25, 0.3) is 10.0 Å². The van der Waals surface area contributed by atoms with Gasteiger partial charge in [-0.05, 0) is 53.9 Å². The van der Waals surface area contributed by atoms with E-state index in [2.05, 4.69) is 10.1 Å². The van der Waals surface area contributed by atoms with Crippen molar-refractivity contribution >= 4 is 50.1 Å². The molecule has 0 N–H and O–H groups in total. The predicted octanol–water partition coefficient (Wildman–Crippen LogP) is 5.17. The Bertz CT molecular complexity index is 1610. The van der Waals surface area contributed by atoms with Crippen LogP contribution in [0, 0.1) is 0 Å². The second-order valence-corrected chi connectivity index (χ2v) is 10.8. The number of benzene rings is 2. The number of nitrogens with zero attached hydrogens (tertiary/aromatic N) is 4. The lowest BCUT2D eigenvalue weighted by Crippen LogP contribution is -2.26. The van der Waals surface area contributed by atoms with Crippen LogP contribution in [0.2, 0.25) is 5.02 Å². The number of thiophene rings is 1. The normalized spacial score (nSPS) is 11.6. The molecule has 3 heterocycles. The van der Waals surface area contributed by atoms with E-state index in [4.69, 9.17) is 11.6 Å². The Hall–Kier alpha value is -3.53. The van der Waals surface area contributed by atoms with Crippen LogP contribution in [0.25, 0.3) is 16.9 Å². The number of carbonyl (C=O) groups is 1. The van der Waals surface area contributed by atoms with Crippen molar-refractivity contribution in [2.75, 3.05) is 11.4 Å². The summed E-state index contributed by atoms with van der Waals surface area (Å²) in [6.07, 6.45) is 3.12. The number of sulfonamides is 1. The molecule has 0 aliphatic carbocycles. The molecule has 34 heavy (non-hydrogen) atoms. The lowest BCUT2D eigenvalue weighted by Gasteiger charge is -2.20. The average Bonchev–Trinajstić information content (AvgIpc) is 3.54. The van der Waals surface area contributed by atoms with Gasteiger partial charge in [-0.15, -0.1) is 11.3 Å². The largest absolute Gasteiger partial charge is 0.287 e. The Morgan fingerprint density at radius 2 is 1.85 bits per heavy atom. The van der Waals surface area contributed by atoms with Crippen LogP contribution in [0.3, 0.4) is 0 Å². The van der Waals surface area contributed by atoms with Crippen molar-refractivity contribution in [3.05, 3.63) is 100.0 Å². The van der Waals surface area contributed by atoms with E-state index in [1.807, 2.05) is 17.5 Å². The fourth-order valence-electron chi connectivity index (χ4n) is 3.58. The maximum Gasteiger partial charge on any atom is 0.264 e. The van der Waals surface area contributed by atoms with Crippen molar-refractivity contribution in [2.24, 2.45) is 0 Å². The van der Waals surface area contributed by atoms with Crippen LogP contribution < -0.4 is 4.31 Å². The second-order valence-electron chi connectivity index (χ2n) is 7.41. The van der Waals surface area contributed by atoms with Crippen molar-refractivity contribution in [3.8, 4) is 11.3 Å². The van der Waals surface area contributed by atoms with E-state index < -0.39 is 10.0 Å². The van der Waals surface area contributed by atoms with Crippen molar-refractivity contribution in [1.29, 1.82) is 0 Å². The van der Waals surface area contributed by atoms with E-state index in [1.165, 1.54) is 41.0 Å². The highest BCUT2D eigenvalue weighted by atomic mass is 35.5. The number of fused-ring (bicyclic) bond motifs is 1. The molecule has 0 saturated carbocycles. The molecule has 0 amide bonds. The summed E-state index contributed by atoms with van der Waals surface area (Å²) >= 11 is 7.26. The first-order valence-corrected chi connectivity index (χ1v) is 12.8. The van der Waals surface area contributed by atoms with Crippen LogP contribution in [0.15, 0.2) is 89.4 Å². The van der Waals surface area contributed by atoms with Crippen molar-refractivity contribution in [2.45, 2.75) is 4.90 Å². The SMILES string of the molecule is CN(c1cccc(-c2ccnc3c(C(=O)c4cccs4)cnn23)c1)S(=O)(=O)c1ccc(Cl)cc1. The Balaban J connectivity index is 1.54. The van der Waals surface area contributed by atoms with Gasteiger partial charge in [-0.2, -0.15) is 5.10 Å². The number of carbonyl (C=O) groups excluding carboxylic acids is 1. The summed E-state index contributed by atoms with van der Waals surface area (Å²) in [5.41, 5.74) is 2.71. The third-order valence-electron chi connectivity index (χ3n) is 5.37. The molecule has 5 aromatic rings. The zero-order valence-corrected chi connectivity index (χ0v) is 20.2. The Morgan fingerprint density at radius 1 is 1.06 bits per heavy atom. The van der Waals surface area contributed by atoms with Gasteiger partial charge in [0.2, 0.25) is 5.78 Å². The summed E-state index contributed by atoms with van der Waals surface area (Å²) in [4.78, 5) is 18.0. The predicted molar refractivity (Wildman–Crippen MR) is 133 cm³/mol. The van der Waals surface area contributed by atoms with Gasteiger partial charge in [0.1, 0.15) is 0 Å². The van der Waals surface area contributed by atoms with E-state index in [1.54, 1.807) is 53.2 Å². The molecule has 2 aromatic carbocycles. The van der Waals surface area contributed by atoms with Crippen LogP contribution in [0.4, 0.5) is 5.69 Å². The first kappa shape index (κ1) is 22.3. The molecule has 0 bridgehead atoms. The minimum absolute atomic E-state index is 0.139. The van der Waals surface area contributed by atoms with Gasteiger partial charge in [-0.25, -0.2) is 17.9 Å². The quantitative estimate of drug-likeness (QED) is 0.295. The van der Waals surface area contributed by atoms with Crippen LogP contribution >= 0.6 is 22.9 Å². The second kappa shape index (κ2) is 8.68. The van der Waals surface area contributed by atoms with Gasteiger partial charge in [-0.3, -0.25) is 9.10 Å². The van der Waals surface area contributed by atoms with Crippen LogP contribution in [0.1, 0.15) is 15.2 Å². The first-order chi connectivity index (χ1) is 16.4. The van der Waals surface area contributed by atoms with Crippen molar-refractivity contribution < 1.29 is 13.2 Å². The minimum Gasteiger partial charge on any atom is -0.287 e. The number of halogens is 1. The maximum atomic E-state index is 13.1. The number of ketones is 1. The highest BCUT2D eigenvalue weighted by molar-refractivity contribution is 7.92. The van der Waals surface area contributed by atoms with Gasteiger partial charge in [-0.1, -0.05) is 29.8 Å². The minimum atomic E-state index is -3.79. The smallest absolute Gasteiger partial charge is 0.264 e. The van der Waals surface area contributed by atoms with E-state index >= 15 is 0 Å². The van der Waals surface area contributed by atoms with Gasteiger partial charge < -0.3 is 0 Å². The number of hydrogen-bond donors (Lipinski definition) is 0. The van der Waals surface area contributed by atoms with E-state index in [9.17, 15) is 13.2 Å². The van der Waals surface area contributed by atoms with E-state index in [-0.39, 0.29) is 10.7 Å². The molecule has 0 saturated heterocycles. The summed E-state index contributed by atoms with van der Waals surface area (Å²) in [7, 11) is -2.29. The summed E-state index contributed by atoms with van der Waals surface area (Å²) < 4.78 is 29.0. The highest BCUT2D eigenvalue weighted by Crippen LogP contribution is 2.29. The third kappa shape index (κ3) is 3.87. The molecule has 5 rings (SSSR count). The molecule has 170 valence electrons. The molecule has 0 aliphatic rings. The average molecular weight is 509 g/mol. The molecule has 0 aliphatic heterocycles. The maximum absolute atomic E-state index is 13.1. The molecule has 10 heteroatoms. The Kier molecular flexibility index (Phi) is 5.68. The van der Waals surface area contributed by atoms with Gasteiger partial charge in [0.05, 0.1) is 32.9 Å². The number of rotatable bonds is 6. The summed E-state index contributed by atoms with van der Waals surface area (Å²) in [6, 6.07) is 18.5. The lowest BCUT2D eigenvalue weighted by atomic mass is 10.1. The topological polar surface area (TPSA) is 84.6 Å². The fraction of sp³-hybridized carbons (Fsp3) is 0.0417. The van der Waals surface area contributed by atoms with Gasteiger partial charge in [0, 0.05) is 23.8 Å². The van der Waals surface area contributed by atoms with Crippen molar-refractivity contribution in [1.82, 2.24) is 14.6 Å². The molecular weight excluding hydrogens is 492 g/mol. The zero-order valence-electron chi connectivity index (χ0n) is 17.8. The first-order valence-electron chi connectivity index (χ1n) is 10.1. The highest BCUT2D eigenvalue weighted by Gasteiger charge is 2.22. The van der Waals surface area contributed by atoms with E-state index in [0.29, 0.717) is 32.5 Å². The molecule has 0 radical (unpaired) electrons. The molecule has 0 atom stereocenters. The van der Waals surface area contributed by atoms with Crippen molar-refractivity contribution in [3.63, 3.8) is 0 Å². The monoisotopic (exact) mass is 508 g/mol. The van der Waals surface area contributed by atoms with Crippen LogP contribution in [0.5, 0.6) is 0 Å². The van der Waals surface area contributed by atoms with Crippen LogP contribution in [-0.4, -0.2) is 35.8 Å².